The smallest absolute Gasteiger partial charge is 0.330 e. The molecule has 3 heteroatoms. The van der Waals surface area contributed by atoms with Gasteiger partial charge in [0.1, 0.15) is 0 Å². The molecule has 0 aliphatic heterocycles. The molecule has 0 spiro atoms. The maximum atomic E-state index is 11.1. The molecule has 16 heavy (non-hydrogen) atoms. The van der Waals surface area contributed by atoms with Gasteiger partial charge in [0.05, 0.1) is 7.11 Å². The molecule has 0 aromatic heterocycles. The van der Waals surface area contributed by atoms with E-state index in [9.17, 15) is 9.59 Å². The molecule has 0 saturated carbocycles. The first kappa shape index (κ1) is 12.2. The summed E-state index contributed by atoms with van der Waals surface area (Å²) in [6.07, 6.45) is 3.03. The molecule has 1 aromatic carbocycles. The molecule has 84 valence electrons. The van der Waals surface area contributed by atoms with Crippen molar-refractivity contribution in [2.45, 2.75) is 13.8 Å². The molecule has 0 saturated heterocycles. The van der Waals surface area contributed by atoms with Crippen molar-refractivity contribution in [3.63, 3.8) is 0 Å². The fourth-order valence-corrected chi connectivity index (χ4v) is 1.31. The minimum Gasteiger partial charge on any atom is -0.466 e. The summed E-state index contributed by atoms with van der Waals surface area (Å²) in [4.78, 5) is 22.0. The number of rotatable bonds is 3. The molecular weight excluding hydrogens is 204 g/mol. The van der Waals surface area contributed by atoms with Crippen LogP contribution in [0.1, 0.15) is 28.4 Å². The molecule has 0 radical (unpaired) electrons. The number of ether oxygens (including phenoxy) is 1. The van der Waals surface area contributed by atoms with Crippen LogP contribution in [0.3, 0.4) is 0 Å². The molecule has 0 aliphatic rings. The summed E-state index contributed by atoms with van der Waals surface area (Å²) < 4.78 is 4.49. The van der Waals surface area contributed by atoms with E-state index in [1.807, 2.05) is 13.0 Å². The van der Waals surface area contributed by atoms with Crippen molar-refractivity contribution in [1.29, 1.82) is 0 Å². The SMILES string of the molecule is COC(=O)/C=C/c1ccc(C(C)=O)cc1C. The molecule has 1 aromatic rings. The highest BCUT2D eigenvalue weighted by Crippen LogP contribution is 2.13. The average Bonchev–Trinajstić information content (AvgIpc) is 2.26. The van der Waals surface area contributed by atoms with Crippen LogP contribution >= 0.6 is 0 Å². The monoisotopic (exact) mass is 218 g/mol. The van der Waals surface area contributed by atoms with Gasteiger partial charge in [0.2, 0.25) is 0 Å². The second-order valence-corrected chi connectivity index (χ2v) is 3.48. The first-order chi connectivity index (χ1) is 7.54. The third-order valence-corrected chi connectivity index (χ3v) is 2.28. The van der Waals surface area contributed by atoms with Gasteiger partial charge in [-0.2, -0.15) is 0 Å². The Hall–Kier alpha value is -1.90. The molecule has 1 rings (SSSR count). The van der Waals surface area contributed by atoms with E-state index in [-0.39, 0.29) is 5.78 Å². The van der Waals surface area contributed by atoms with Crippen LogP contribution in [-0.2, 0) is 9.53 Å². The lowest BCUT2D eigenvalue weighted by atomic mass is 10.0. The highest BCUT2D eigenvalue weighted by atomic mass is 16.5. The summed E-state index contributed by atoms with van der Waals surface area (Å²) in [6, 6.07) is 5.36. The number of methoxy groups -OCH3 is 1. The third-order valence-electron chi connectivity index (χ3n) is 2.28. The van der Waals surface area contributed by atoms with Crippen LogP contribution in [0, 0.1) is 6.92 Å². The van der Waals surface area contributed by atoms with E-state index in [2.05, 4.69) is 4.74 Å². The summed E-state index contributed by atoms with van der Waals surface area (Å²) in [6.45, 7) is 3.42. The highest BCUT2D eigenvalue weighted by molar-refractivity contribution is 5.94. The highest BCUT2D eigenvalue weighted by Gasteiger charge is 2.01. The number of Topliss-reactive ketones (excluding diaryl/α,β-unsaturated/α-hetero) is 1. The van der Waals surface area contributed by atoms with Crippen LogP contribution in [0.15, 0.2) is 24.3 Å². The number of hydrogen-bond donors (Lipinski definition) is 0. The quantitative estimate of drug-likeness (QED) is 0.444. The summed E-state index contributed by atoms with van der Waals surface area (Å²) in [5.41, 5.74) is 2.52. The number of aryl methyl sites for hydroxylation is 1. The fraction of sp³-hybridized carbons (Fsp3) is 0.231. The Bertz CT molecular complexity index is 444. The number of carbonyl (C=O) groups is 2. The van der Waals surface area contributed by atoms with E-state index in [1.165, 1.54) is 20.1 Å². The molecule has 0 unspecified atom stereocenters. The Kier molecular flexibility index (Phi) is 4.00. The lowest BCUT2D eigenvalue weighted by Gasteiger charge is -2.02. The minimum atomic E-state index is -0.393. The maximum absolute atomic E-state index is 11.1. The van der Waals surface area contributed by atoms with Crippen LogP contribution < -0.4 is 0 Å². The molecule has 3 nitrogen and oxygen atoms in total. The Morgan fingerprint density at radius 2 is 2.00 bits per heavy atom. The molecule has 0 N–H and O–H groups in total. The van der Waals surface area contributed by atoms with Crippen molar-refractivity contribution in [2.75, 3.05) is 7.11 Å². The van der Waals surface area contributed by atoms with Crippen LogP contribution in [0.25, 0.3) is 6.08 Å². The second kappa shape index (κ2) is 5.26. The van der Waals surface area contributed by atoms with E-state index in [0.717, 1.165) is 11.1 Å². The van der Waals surface area contributed by atoms with Gasteiger partial charge in [0, 0.05) is 11.6 Å². The average molecular weight is 218 g/mol. The molecule has 0 amide bonds. The molecule has 0 bridgehead atoms. The van der Waals surface area contributed by atoms with Gasteiger partial charge >= 0.3 is 5.97 Å². The first-order valence-electron chi connectivity index (χ1n) is 4.92. The lowest BCUT2D eigenvalue weighted by Crippen LogP contribution is -1.95. The number of ketones is 1. The third kappa shape index (κ3) is 3.05. The standard InChI is InChI=1S/C13H14O3/c1-9-8-12(10(2)14)5-4-11(9)6-7-13(15)16-3/h4-8H,1-3H3/b7-6+. The van der Waals surface area contributed by atoms with Crippen molar-refractivity contribution >= 4 is 17.8 Å². The van der Waals surface area contributed by atoms with E-state index >= 15 is 0 Å². The number of hydrogen-bond acceptors (Lipinski definition) is 3. The van der Waals surface area contributed by atoms with Crippen molar-refractivity contribution in [2.24, 2.45) is 0 Å². The van der Waals surface area contributed by atoms with Crippen molar-refractivity contribution < 1.29 is 14.3 Å². The molecule has 0 heterocycles. The van der Waals surface area contributed by atoms with Gasteiger partial charge in [-0.15, -0.1) is 0 Å². The summed E-state index contributed by atoms with van der Waals surface area (Å²) in [7, 11) is 1.33. The van der Waals surface area contributed by atoms with Gasteiger partial charge < -0.3 is 4.74 Å². The molecular formula is C13H14O3. The predicted octanol–water partition coefficient (Wildman–Crippen LogP) is 2.38. The van der Waals surface area contributed by atoms with E-state index in [1.54, 1.807) is 18.2 Å². The maximum Gasteiger partial charge on any atom is 0.330 e. The number of benzene rings is 1. The summed E-state index contributed by atoms with van der Waals surface area (Å²) >= 11 is 0. The largest absolute Gasteiger partial charge is 0.466 e. The van der Waals surface area contributed by atoms with Crippen molar-refractivity contribution in [1.82, 2.24) is 0 Å². The van der Waals surface area contributed by atoms with Gasteiger partial charge in [-0.1, -0.05) is 12.1 Å². The second-order valence-electron chi connectivity index (χ2n) is 3.48. The summed E-state index contributed by atoms with van der Waals surface area (Å²) in [5.74, 6) is -0.360. The Morgan fingerprint density at radius 1 is 1.31 bits per heavy atom. The Morgan fingerprint density at radius 3 is 2.50 bits per heavy atom. The topological polar surface area (TPSA) is 43.4 Å². The zero-order valence-corrected chi connectivity index (χ0v) is 9.61. The first-order valence-corrected chi connectivity index (χ1v) is 4.92. The predicted molar refractivity (Wildman–Crippen MR) is 62.2 cm³/mol. The van der Waals surface area contributed by atoms with Crippen LogP contribution in [0.2, 0.25) is 0 Å². The van der Waals surface area contributed by atoms with Crippen LogP contribution in [0.5, 0.6) is 0 Å². The zero-order valence-electron chi connectivity index (χ0n) is 9.61. The van der Waals surface area contributed by atoms with E-state index in [4.69, 9.17) is 0 Å². The van der Waals surface area contributed by atoms with Gasteiger partial charge in [-0.25, -0.2) is 4.79 Å². The molecule has 0 aliphatic carbocycles. The normalized spacial score (nSPS) is 10.4. The fourth-order valence-electron chi connectivity index (χ4n) is 1.31. The van der Waals surface area contributed by atoms with Crippen LogP contribution in [0.4, 0.5) is 0 Å². The number of carbonyl (C=O) groups excluding carboxylic acids is 2. The van der Waals surface area contributed by atoms with Crippen molar-refractivity contribution in [3.8, 4) is 0 Å². The lowest BCUT2D eigenvalue weighted by molar-refractivity contribution is -0.134. The Labute approximate surface area is 94.7 Å². The van der Waals surface area contributed by atoms with Gasteiger partial charge in [0.15, 0.2) is 5.78 Å². The molecule has 0 atom stereocenters. The van der Waals surface area contributed by atoms with Gasteiger partial charge in [0.25, 0.3) is 0 Å². The van der Waals surface area contributed by atoms with Crippen molar-refractivity contribution in [3.05, 3.63) is 41.0 Å². The zero-order chi connectivity index (χ0) is 12.1. The van der Waals surface area contributed by atoms with Gasteiger partial charge in [-0.3, -0.25) is 4.79 Å². The van der Waals surface area contributed by atoms with Gasteiger partial charge in [-0.05, 0) is 37.1 Å². The van der Waals surface area contributed by atoms with Crippen LogP contribution in [-0.4, -0.2) is 18.9 Å². The Balaban J connectivity index is 2.95. The minimum absolute atomic E-state index is 0.0339. The van der Waals surface area contributed by atoms with E-state index < -0.39 is 5.97 Å². The summed E-state index contributed by atoms with van der Waals surface area (Å²) in [5, 5.41) is 0. The number of esters is 1. The molecule has 0 fully saturated rings. The van der Waals surface area contributed by atoms with E-state index in [0.29, 0.717) is 5.56 Å².